The number of amides is 1. The zero-order valence-corrected chi connectivity index (χ0v) is 14.8. The molecule has 5 heteroatoms. The Labute approximate surface area is 149 Å². The minimum absolute atomic E-state index is 0.102. The number of hydrogen-bond acceptors (Lipinski definition) is 3. The number of aromatic nitrogens is 2. The molecule has 0 bridgehead atoms. The molecule has 0 aliphatic carbocycles. The van der Waals surface area contributed by atoms with Gasteiger partial charge in [0.25, 0.3) is 5.91 Å². The molecule has 4 aromatic rings. The van der Waals surface area contributed by atoms with E-state index in [4.69, 9.17) is 0 Å². The van der Waals surface area contributed by atoms with Gasteiger partial charge in [-0.15, -0.1) is 11.3 Å². The van der Waals surface area contributed by atoms with Gasteiger partial charge >= 0.3 is 0 Å². The predicted octanol–water partition coefficient (Wildman–Crippen LogP) is 4.93. The number of fused-ring (bicyclic) bond motifs is 1. The van der Waals surface area contributed by atoms with E-state index in [1.807, 2.05) is 61.7 Å². The van der Waals surface area contributed by atoms with Gasteiger partial charge in [0.15, 0.2) is 4.96 Å². The van der Waals surface area contributed by atoms with Crippen LogP contribution in [0.5, 0.6) is 0 Å². The summed E-state index contributed by atoms with van der Waals surface area (Å²) in [7, 11) is 0. The molecule has 0 spiro atoms. The van der Waals surface area contributed by atoms with E-state index < -0.39 is 0 Å². The first-order chi connectivity index (χ1) is 12.1. The van der Waals surface area contributed by atoms with Crippen LogP contribution in [0.3, 0.4) is 0 Å². The van der Waals surface area contributed by atoms with Crippen molar-refractivity contribution in [3.63, 3.8) is 0 Å². The summed E-state index contributed by atoms with van der Waals surface area (Å²) in [6.45, 7) is 4.04. The van der Waals surface area contributed by atoms with Crippen molar-refractivity contribution in [3.05, 3.63) is 76.9 Å². The highest BCUT2D eigenvalue weighted by atomic mass is 32.1. The molecule has 1 N–H and O–H groups in total. The maximum Gasteiger partial charge on any atom is 0.255 e. The maximum atomic E-state index is 12.3. The molecule has 25 heavy (non-hydrogen) atoms. The molecule has 2 heterocycles. The Morgan fingerprint density at radius 2 is 1.92 bits per heavy atom. The van der Waals surface area contributed by atoms with Gasteiger partial charge in [0.1, 0.15) is 0 Å². The first-order valence-corrected chi connectivity index (χ1v) is 8.90. The lowest BCUT2D eigenvalue weighted by Crippen LogP contribution is -2.11. The van der Waals surface area contributed by atoms with Crippen LogP contribution in [0, 0.1) is 13.8 Å². The summed E-state index contributed by atoms with van der Waals surface area (Å²) in [5.41, 5.74) is 5.65. The van der Waals surface area contributed by atoms with E-state index in [1.165, 1.54) is 5.69 Å². The number of carbonyl (C=O) groups excluding carboxylic acids is 1. The van der Waals surface area contributed by atoms with Crippen molar-refractivity contribution in [1.82, 2.24) is 9.38 Å². The van der Waals surface area contributed by atoms with Gasteiger partial charge in [-0.3, -0.25) is 9.20 Å². The second-order valence-electron chi connectivity index (χ2n) is 6.06. The van der Waals surface area contributed by atoms with Crippen LogP contribution in [0.25, 0.3) is 16.2 Å². The van der Waals surface area contributed by atoms with E-state index in [2.05, 4.69) is 27.0 Å². The van der Waals surface area contributed by atoms with E-state index in [1.54, 1.807) is 11.3 Å². The third-order valence-electron chi connectivity index (χ3n) is 4.11. The van der Waals surface area contributed by atoms with Crippen molar-refractivity contribution < 1.29 is 4.79 Å². The van der Waals surface area contributed by atoms with E-state index in [-0.39, 0.29) is 5.91 Å². The van der Waals surface area contributed by atoms with Crippen molar-refractivity contribution in [3.8, 4) is 11.3 Å². The van der Waals surface area contributed by atoms with Crippen molar-refractivity contribution in [2.45, 2.75) is 13.8 Å². The van der Waals surface area contributed by atoms with E-state index in [9.17, 15) is 4.79 Å². The van der Waals surface area contributed by atoms with Gasteiger partial charge in [-0.1, -0.05) is 29.8 Å². The van der Waals surface area contributed by atoms with Crippen molar-refractivity contribution >= 4 is 27.9 Å². The summed E-state index contributed by atoms with van der Waals surface area (Å²) in [6.07, 6.45) is 2.04. The van der Waals surface area contributed by atoms with Crippen LogP contribution in [0.4, 0.5) is 5.69 Å². The van der Waals surface area contributed by atoms with Crippen LogP contribution in [-0.4, -0.2) is 15.3 Å². The second-order valence-corrected chi connectivity index (χ2v) is 6.89. The van der Waals surface area contributed by atoms with Crippen LogP contribution in [-0.2, 0) is 0 Å². The first-order valence-electron chi connectivity index (χ1n) is 8.02. The summed E-state index contributed by atoms with van der Waals surface area (Å²) in [5.74, 6) is -0.102. The lowest BCUT2D eigenvalue weighted by atomic mass is 10.1. The highest BCUT2D eigenvalue weighted by Crippen LogP contribution is 2.24. The Morgan fingerprint density at radius 3 is 2.64 bits per heavy atom. The molecule has 0 saturated carbocycles. The highest BCUT2D eigenvalue weighted by molar-refractivity contribution is 7.15. The predicted molar refractivity (Wildman–Crippen MR) is 102 cm³/mol. The molecule has 1 amide bonds. The highest BCUT2D eigenvalue weighted by Gasteiger charge is 2.09. The summed E-state index contributed by atoms with van der Waals surface area (Å²) >= 11 is 1.63. The summed E-state index contributed by atoms with van der Waals surface area (Å²) in [6, 6.07) is 15.3. The first kappa shape index (κ1) is 15.6. The monoisotopic (exact) mass is 347 g/mol. The molecule has 2 aromatic carbocycles. The van der Waals surface area contributed by atoms with Crippen LogP contribution in [0.1, 0.15) is 21.6 Å². The molecule has 2 aromatic heterocycles. The van der Waals surface area contributed by atoms with Crippen LogP contribution >= 0.6 is 11.3 Å². The Morgan fingerprint density at radius 1 is 1.12 bits per heavy atom. The van der Waals surface area contributed by atoms with E-state index in [0.29, 0.717) is 5.56 Å². The number of nitrogens with one attached hydrogen (secondary N) is 1. The average Bonchev–Trinajstić information content (AvgIpc) is 3.18. The number of imidazole rings is 1. The van der Waals surface area contributed by atoms with E-state index in [0.717, 1.165) is 27.5 Å². The molecule has 0 atom stereocenters. The van der Waals surface area contributed by atoms with Gasteiger partial charge in [0.2, 0.25) is 0 Å². The number of rotatable bonds is 3. The Kier molecular flexibility index (Phi) is 3.86. The molecule has 0 saturated heterocycles. The topological polar surface area (TPSA) is 46.4 Å². The average molecular weight is 347 g/mol. The molecule has 0 fully saturated rings. The van der Waals surface area contributed by atoms with Crippen molar-refractivity contribution in [1.29, 1.82) is 0 Å². The molecule has 0 aliphatic rings. The Bertz CT molecular complexity index is 1060. The molecule has 0 aliphatic heterocycles. The fraction of sp³-hybridized carbons (Fsp3) is 0.100. The number of aryl methyl sites for hydroxylation is 2. The third-order valence-corrected chi connectivity index (χ3v) is 5.07. The van der Waals surface area contributed by atoms with Crippen LogP contribution in [0.15, 0.2) is 60.1 Å². The normalized spacial score (nSPS) is 11.0. The van der Waals surface area contributed by atoms with Crippen molar-refractivity contribution in [2.24, 2.45) is 0 Å². The van der Waals surface area contributed by atoms with E-state index >= 15 is 0 Å². The van der Waals surface area contributed by atoms with Gasteiger partial charge in [-0.2, -0.15) is 0 Å². The number of benzene rings is 2. The zero-order chi connectivity index (χ0) is 17.4. The fourth-order valence-corrected chi connectivity index (χ4v) is 3.60. The molecule has 4 rings (SSSR count). The SMILES string of the molecule is Cc1cccc(C(=O)Nc2ccc(-c3cn4c(C)csc4n3)cc2)c1. The third kappa shape index (κ3) is 3.06. The molecular formula is C20H17N3OS. The minimum atomic E-state index is -0.102. The summed E-state index contributed by atoms with van der Waals surface area (Å²) < 4.78 is 2.09. The lowest BCUT2D eigenvalue weighted by Gasteiger charge is -2.06. The quantitative estimate of drug-likeness (QED) is 0.571. The zero-order valence-electron chi connectivity index (χ0n) is 14.0. The molecule has 4 nitrogen and oxygen atoms in total. The Hall–Kier alpha value is -2.92. The molecular weight excluding hydrogens is 330 g/mol. The largest absolute Gasteiger partial charge is 0.322 e. The fourth-order valence-electron chi connectivity index (χ4n) is 2.75. The number of anilines is 1. The van der Waals surface area contributed by atoms with Crippen molar-refractivity contribution in [2.75, 3.05) is 5.32 Å². The second kappa shape index (κ2) is 6.18. The van der Waals surface area contributed by atoms with Gasteiger partial charge in [0, 0.05) is 34.1 Å². The molecule has 0 unspecified atom stereocenters. The molecule has 124 valence electrons. The number of nitrogens with zero attached hydrogens (tertiary/aromatic N) is 2. The molecule has 0 radical (unpaired) electrons. The minimum Gasteiger partial charge on any atom is -0.322 e. The van der Waals surface area contributed by atoms with Gasteiger partial charge in [0.05, 0.1) is 5.69 Å². The standard InChI is InChI=1S/C20H17N3OS/c1-13-4-3-5-16(10-13)19(24)21-17-8-6-15(7-9-17)18-11-23-14(2)12-25-20(23)22-18/h3-12H,1-2H3,(H,21,24). The number of hydrogen-bond donors (Lipinski definition) is 1. The maximum absolute atomic E-state index is 12.3. The van der Waals surface area contributed by atoms with Crippen LogP contribution < -0.4 is 5.32 Å². The number of thiazole rings is 1. The van der Waals surface area contributed by atoms with Crippen LogP contribution in [0.2, 0.25) is 0 Å². The summed E-state index contributed by atoms with van der Waals surface area (Å²) in [5, 5.41) is 5.03. The van der Waals surface area contributed by atoms with Gasteiger partial charge < -0.3 is 5.32 Å². The Balaban J connectivity index is 1.54. The summed E-state index contributed by atoms with van der Waals surface area (Å²) in [4.78, 5) is 18.0. The number of carbonyl (C=O) groups is 1. The van der Waals surface area contributed by atoms with Gasteiger partial charge in [-0.05, 0) is 38.1 Å². The van der Waals surface area contributed by atoms with Gasteiger partial charge in [-0.25, -0.2) is 4.98 Å². The smallest absolute Gasteiger partial charge is 0.255 e. The lowest BCUT2D eigenvalue weighted by molar-refractivity contribution is 0.102.